The first-order chi connectivity index (χ1) is 8.66. The number of aromatic amines is 1. The van der Waals surface area contributed by atoms with Crippen molar-refractivity contribution in [1.82, 2.24) is 9.55 Å². The van der Waals surface area contributed by atoms with Crippen molar-refractivity contribution in [3.63, 3.8) is 0 Å². The molecule has 3 rings (SSSR count). The lowest BCUT2D eigenvalue weighted by Gasteiger charge is -2.03. The Morgan fingerprint density at radius 3 is 2.56 bits per heavy atom. The van der Waals surface area contributed by atoms with Crippen LogP contribution in [0.5, 0.6) is 5.75 Å². The number of benzene rings is 2. The molecule has 0 radical (unpaired) electrons. The number of H-pyrrole nitrogens is 1. The SMILES string of the molecule is Cc1ccc(-n2c(=O)[nH]c3c(O)cccc32)cc1. The third-order valence-electron chi connectivity index (χ3n) is 2.99. The van der Waals surface area contributed by atoms with Crippen LogP contribution in [0.4, 0.5) is 0 Å². The molecule has 0 saturated heterocycles. The predicted octanol–water partition coefficient (Wildman–Crippen LogP) is 2.33. The van der Waals surface area contributed by atoms with E-state index in [4.69, 9.17) is 0 Å². The summed E-state index contributed by atoms with van der Waals surface area (Å²) >= 11 is 0. The number of imidazole rings is 1. The van der Waals surface area contributed by atoms with E-state index in [9.17, 15) is 9.90 Å². The number of aromatic nitrogens is 2. The summed E-state index contributed by atoms with van der Waals surface area (Å²) in [6, 6.07) is 12.7. The van der Waals surface area contributed by atoms with Crippen LogP contribution in [0.15, 0.2) is 47.3 Å². The van der Waals surface area contributed by atoms with E-state index in [2.05, 4.69) is 4.98 Å². The first kappa shape index (κ1) is 10.7. The Kier molecular flexibility index (Phi) is 2.23. The predicted molar refractivity (Wildman–Crippen MR) is 70.3 cm³/mol. The van der Waals surface area contributed by atoms with Gasteiger partial charge in [-0.1, -0.05) is 23.8 Å². The Labute approximate surface area is 103 Å². The highest BCUT2D eigenvalue weighted by Gasteiger charge is 2.10. The number of phenols is 1. The zero-order chi connectivity index (χ0) is 12.7. The van der Waals surface area contributed by atoms with Gasteiger partial charge in [0.2, 0.25) is 0 Å². The van der Waals surface area contributed by atoms with Crippen molar-refractivity contribution in [1.29, 1.82) is 0 Å². The van der Waals surface area contributed by atoms with Gasteiger partial charge in [0, 0.05) is 0 Å². The monoisotopic (exact) mass is 240 g/mol. The summed E-state index contributed by atoms with van der Waals surface area (Å²) in [5.74, 6) is 0.0791. The van der Waals surface area contributed by atoms with E-state index in [0.717, 1.165) is 11.3 Å². The van der Waals surface area contributed by atoms with E-state index >= 15 is 0 Å². The van der Waals surface area contributed by atoms with E-state index < -0.39 is 0 Å². The van der Waals surface area contributed by atoms with Crippen LogP contribution in [0.2, 0.25) is 0 Å². The molecule has 1 aromatic heterocycles. The highest BCUT2D eigenvalue weighted by Crippen LogP contribution is 2.23. The molecule has 1 heterocycles. The van der Waals surface area contributed by atoms with E-state index in [1.165, 1.54) is 0 Å². The highest BCUT2D eigenvalue weighted by molar-refractivity contribution is 5.83. The van der Waals surface area contributed by atoms with Crippen molar-refractivity contribution in [2.45, 2.75) is 6.92 Å². The van der Waals surface area contributed by atoms with Crippen LogP contribution in [-0.2, 0) is 0 Å². The summed E-state index contributed by atoms with van der Waals surface area (Å²) in [7, 11) is 0. The fraction of sp³-hybridized carbons (Fsp3) is 0.0714. The third kappa shape index (κ3) is 1.50. The number of phenolic OH excluding ortho intramolecular Hbond substituents is 1. The number of hydrogen-bond acceptors (Lipinski definition) is 2. The molecule has 0 unspecified atom stereocenters. The number of nitrogens with zero attached hydrogens (tertiary/aromatic N) is 1. The van der Waals surface area contributed by atoms with Gasteiger partial charge in [-0.15, -0.1) is 0 Å². The highest BCUT2D eigenvalue weighted by atomic mass is 16.3. The molecular formula is C14H12N2O2. The van der Waals surface area contributed by atoms with Gasteiger partial charge in [0.1, 0.15) is 11.3 Å². The van der Waals surface area contributed by atoms with Crippen molar-refractivity contribution >= 4 is 11.0 Å². The van der Waals surface area contributed by atoms with Gasteiger partial charge >= 0.3 is 5.69 Å². The average molecular weight is 240 g/mol. The van der Waals surface area contributed by atoms with Gasteiger partial charge in [-0.3, -0.25) is 4.57 Å². The van der Waals surface area contributed by atoms with Crippen LogP contribution in [0, 0.1) is 6.92 Å². The number of aromatic hydroxyl groups is 1. The zero-order valence-electron chi connectivity index (χ0n) is 9.84. The standard InChI is InChI=1S/C14H12N2O2/c1-9-5-7-10(8-6-9)16-11-3-2-4-12(17)13(11)15-14(16)18/h2-8,17H,1H3,(H,15,18). The maximum Gasteiger partial charge on any atom is 0.331 e. The van der Waals surface area contributed by atoms with Crippen LogP contribution in [-0.4, -0.2) is 14.7 Å². The molecule has 90 valence electrons. The van der Waals surface area contributed by atoms with Crippen LogP contribution in [0.25, 0.3) is 16.7 Å². The molecule has 0 bridgehead atoms. The fourth-order valence-electron chi connectivity index (χ4n) is 2.07. The lowest BCUT2D eigenvalue weighted by molar-refractivity contribution is 0.480. The Bertz CT molecular complexity index is 767. The number of aryl methyl sites for hydroxylation is 1. The van der Waals surface area contributed by atoms with Gasteiger partial charge in [0.05, 0.1) is 11.2 Å². The van der Waals surface area contributed by atoms with E-state index in [1.807, 2.05) is 31.2 Å². The number of hydrogen-bond donors (Lipinski definition) is 2. The minimum absolute atomic E-state index is 0.0791. The van der Waals surface area contributed by atoms with Gasteiger partial charge in [-0.25, -0.2) is 4.79 Å². The summed E-state index contributed by atoms with van der Waals surface area (Å²) in [5, 5.41) is 9.72. The fourth-order valence-corrected chi connectivity index (χ4v) is 2.07. The molecule has 2 N–H and O–H groups in total. The second-order valence-electron chi connectivity index (χ2n) is 4.27. The lowest BCUT2D eigenvalue weighted by Crippen LogP contribution is -2.14. The molecule has 0 spiro atoms. The zero-order valence-corrected chi connectivity index (χ0v) is 9.84. The van der Waals surface area contributed by atoms with Crippen LogP contribution in [0.3, 0.4) is 0 Å². The van der Waals surface area contributed by atoms with Gasteiger partial charge < -0.3 is 10.1 Å². The quantitative estimate of drug-likeness (QED) is 0.685. The van der Waals surface area contributed by atoms with Gasteiger partial charge in [-0.05, 0) is 31.2 Å². The normalized spacial score (nSPS) is 10.9. The van der Waals surface area contributed by atoms with Crippen molar-refractivity contribution in [3.05, 3.63) is 58.5 Å². The molecule has 2 aromatic carbocycles. The van der Waals surface area contributed by atoms with E-state index in [-0.39, 0.29) is 11.4 Å². The molecule has 0 atom stereocenters. The van der Waals surface area contributed by atoms with Gasteiger partial charge in [-0.2, -0.15) is 0 Å². The molecule has 0 aliphatic heterocycles. The van der Waals surface area contributed by atoms with E-state index in [1.54, 1.807) is 22.8 Å². The summed E-state index contributed by atoms with van der Waals surface area (Å²) in [6.07, 6.45) is 0. The smallest absolute Gasteiger partial charge is 0.331 e. The molecular weight excluding hydrogens is 228 g/mol. The first-order valence-electron chi connectivity index (χ1n) is 5.66. The second-order valence-corrected chi connectivity index (χ2v) is 4.27. The minimum Gasteiger partial charge on any atom is -0.506 e. The summed E-state index contributed by atoms with van der Waals surface area (Å²) < 4.78 is 1.55. The van der Waals surface area contributed by atoms with Crippen molar-refractivity contribution < 1.29 is 5.11 Å². The van der Waals surface area contributed by atoms with Crippen LogP contribution in [0.1, 0.15) is 5.56 Å². The molecule has 0 aliphatic carbocycles. The Balaban J connectivity index is 2.35. The minimum atomic E-state index is -0.254. The molecule has 0 aliphatic rings. The lowest BCUT2D eigenvalue weighted by atomic mass is 10.2. The Morgan fingerprint density at radius 1 is 1.11 bits per heavy atom. The van der Waals surface area contributed by atoms with Gasteiger partial charge in [0.25, 0.3) is 0 Å². The second kappa shape index (κ2) is 3.77. The van der Waals surface area contributed by atoms with Crippen molar-refractivity contribution in [2.24, 2.45) is 0 Å². The first-order valence-corrected chi connectivity index (χ1v) is 5.66. The molecule has 3 aromatic rings. The third-order valence-corrected chi connectivity index (χ3v) is 2.99. The number of rotatable bonds is 1. The number of para-hydroxylation sites is 1. The molecule has 0 fully saturated rings. The number of fused-ring (bicyclic) bond motifs is 1. The Morgan fingerprint density at radius 2 is 1.83 bits per heavy atom. The largest absolute Gasteiger partial charge is 0.506 e. The number of nitrogens with one attached hydrogen (secondary N) is 1. The Hall–Kier alpha value is -2.49. The molecule has 4 nitrogen and oxygen atoms in total. The summed E-state index contributed by atoms with van der Waals surface area (Å²) in [5.41, 5.74) is 2.79. The van der Waals surface area contributed by atoms with Crippen molar-refractivity contribution in [2.75, 3.05) is 0 Å². The molecule has 0 saturated carbocycles. The van der Waals surface area contributed by atoms with Gasteiger partial charge in [0.15, 0.2) is 0 Å². The average Bonchev–Trinajstić information content (AvgIpc) is 2.69. The summed E-state index contributed by atoms with van der Waals surface area (Å²) in [4.78, 5) is 14.6. The summed E-state index contributed by atoms with van der Waals surface area (Å²) in [6.45, 7) is 1.99. The maximum absolute atomic E-state index is 12.0. The topological polar surface area (TPSA) is 58.0 Å². The molecule has 4 heteroatoms. The van der Waals surface area contributed by atoms with Crippen LogP contribution >= 0.6 is 0 Å². The molecule has 18 heavy (non-hydrogen) atoms. The molecule has 0 amide bonds. The van der Waals surface area contributed by atoms with E-state index in [0.29, 0.717) is 11.0 Å². The van der Waals surface area contributed by atoms with Crippen molar-refractivity contribution in [3.8, 4) is 11.4 Å². The van der Waals surface area contributed by atoms with Crippen LogP contribution < -0.4 is 5.69 Å². The maximum atomic E-state index is 12.0.